The summed E-state index contributed by atoms with van der Waals surface area (Å²) in [5.74, 6) is 3.49. The van der Waals surface area contributed by atoms with Crippen molar-refractivity contribution < 1.29 is 5.11 Å². The first-order chi connectivity index (χ1) is 10.3. The minimum Gasteiger partial charge on any atom is -0.396 e. The number of aliphatic hydroxyl groups excluding tert-OH is 1. The van der Waals surface area contributed by atoms with Crippen molar-refractivity contribution >= 4 is 0 Å². The molecule has 2 unspecified atom stereocenters. The minimum absolute atomic E-state index is 0.373. The number of aliphatic hydroxyl groups is 1. The average molecular weight is 309 g/mol. The minimum atomic E-state index is 0.373. The van der Waals surface area contributed by atoms with Gasteiger partial charge in [0, 0.05) is 6.61 Å². The van der Waals surface area contributed by atoms with Crippen LogP contribution in [0, 0.1) is 34.5 Å². The van der Waals surface area contributed by atoms with E-state index in [2.05, 4.69) is 34.6 Å². The summed E-state index contributed by atoms with van der Waals surface area (Å²) in [6.07, 6.45) is 12.2. The fourth-order valence-electron chi connectivity index (χ4n) is 6.35. The van der Waals surface area contributed by atoms with Gasteiger partial charge in [-0.15, -0.1) is 0 Å². The van der Waals surface area contributed by atoms with E-state index in [4.69, 9.17) is 0 Å². The summed E-state index contributed by atoms with van der Waals surface area (Å²) in [5, 5.41) is 9.53. The van der Waals surface area contributed by atoms with Gasteiger partial charge in [0.05, 0.1) is 0 Å². The highest BCUT2D eigenvalue weighted by molar-refractivity contribution is 5.05. The molecule has 1 nitrogen and oxygen atoms in total. The molecule has 0 aromatic rings. The standard InChI is InChI=1S/C21H40O/c1-16(2)8-6-9-17(3)18-10-11-19-20(4,14-15-22)12-7-13-21(18,19)5/h16-19,22H,6-15H2,1-5H3/t17-,18-,19?,20?,21-/m1/s1. The highest BCUT2D eigenvalue weighted by Crippen LogP contribution is 2.64. The predicted octanol–water partition coefficient (Wildman–Crippen LogP) is 6.05. The van der Waals surface area contributed by atoms with Gasteiger partial charge in [-0.25, -0.2) is 0 Å². The zero-order valence-electron chi connectivity index (χ0n) is 15.8. The highest BCUT2D eigenvalue weighted by Gasteiger charge is 2.55. The molecule has 1 heteroatoms. The summed E-state index contributed by atoms with van der Waals surface area (Å²) in [5.41, 5.74) is 0.938. The van der Waals surface area contributed by atoms with Crippen molar-refractivity contribution in [2.24, 2.45) is 34.5 Å². The summed E-state index contributed by atoms with van der Waals surface area (Å²) in [6, 6.07) is 0. The Morgan fingerprint density at radius 2 is 1.77 bits per heavy atom. The lowest BCUT2D eigenvalue weighted by molar-refractivity contribution is -0.0351. The molecule has 2 fully saturated rings. The molecule has 0 radical (unpaired) electrons. The Morgan fingerprint density at radius 1 is 1.05 bits per heavy atom. The van der Waals surface area contributed by atoms with Crippen LogP contribution < -0.4 is 0 Å². The van der Waals surface area contributed by atoms with Crippen molar-refractivity contribution in [2.45, 2.75) is 92.4 Å². The Morgan fingerprint density at radius 3 is 2.41 bits per heavy atom. The maximum Gasteiger partial charge on any atom is 0.0436 e. The van der Waals surface area contributed by atoms with E-state index in [1.165, 1.54) is 51.4 Å². The molecule has 0 aromatic carbocycles. The zero-order valence-corrected chi connectivity index (χ0v) is 15.8. The second-order valence-corrected chi connectivity index (χ2v) is 9.53. The Kier molecular flexibility index (Phi) is 6.02. The van der Waals surface area contributed by atoms with Gasteiger partial charge >= 0.3 is 0 Å². The number of rotatable bonds is 7. The lowest BCUT2D eigenvalue weighted by atomic mass is 9.53. The first-order valence-electron chi connectivity index (χ1n) is 9.94. The van der Waals surface area contributed by atoms with Crippen LogP contribution in [0.25, 0.3) is 0 Å². The first-order valence-corrected chi connectivity index (χ1v) is 9.94. The van der Waals surface area contributed by atoms with Crippen LogP contribution in [0.5, 0.6) is 0 Å². The molecular weight excluding hydrogens is 268 g/mol. The SMILES string of the molecule is CC(C)CCC[C@@H](C)[C@H]1CCC2C(C)(CCO)CCC[C@@]21C. The van der Waals surface area contributed by atoms with Gasteiger partial charge in [0.2, 0.25) is 0 Å². The quantitative estimate of drug-likeness (QED) is 0.606. The highest BCUT2D eigenvalue weighted by atomic mass is 16.3. The molecule has 0 saturated heterocycles. The summed E-state index contributed by atoms with van der Waals surface area (Å²) in [6.45, 7) is 12.7. The van der Waals surface area contributed by atoms with Crippen molar-refractivity contribution in [3.63, 3.8) is 0 Å². The molecule has 1 N–H and O–H groups in total. The summed E-state index contributed by atoms with van der Waals surface area (Å²) in [7, 11) is 0. The van der Waals surface area contributed by atoms with Gasteiger partial charge in [-0.05, 0) is 66.6 Å². The average Bonchev–Trinajstić information content (AvgIpc) is 2.77. The molecule has 0 bridgehead atoms. The van der Waals surface area contributed by atoms with Crippen LogP contribution in [0.3, 0.4) is 0 Å². The van der Waals surface area contributed by atoms with Crippen LogP contribution in [0.4, 0.5) is 0 Å². The van der Waals surface area contributed by atoms with Crippen molar-refractivity contribution in [1.29, 1.82) is 0 Å². The number of hydrogen-bond donors (Lipinski definition) is 1. The molecule has 0 spiro atoms. The Labute approximate surface area is 139 Å². The van der Waals surface area contributed by atoms with E-state index in [-0.39, 0.29) is 0 Å². The fraction of sp³-hybridized carbons (Fsp3) is 1.00. The third-order valence-electron chi connectivity index (χ3n) is 7.52. The van der Waals surface area contributed by atoms with Crippen molar-refractivity contribution in [3.8, 4) is 0 Å². The Balaban J connectivity index is 2.03. The second kappa shape index (κ2) is 7.24. The Bertz CT molecular complexity index is 346. The molecule has 0 aromatic heterocycles. The topological polar surface area (TPSA) is 20.2 Å². The number of fused-ring (bicyclic) bond motifs is 1. The van der Waals surface area contributed by atoms with Gasteiger partial charge in [0.15, 0.2) is 0 Å². The van der Waals surface area contributed by atoms with Crippen LogP contribution in [0.2, 0.25) is 0 Å². The second-order valence-electron chi connectivity index (χ2n) is 9.53. The van der Waals surface area contributed by atoms with E-state index in [0.717, 1.165) is 30.1 Å². The first kappa shape index (κ1) is 18.3. The molecule has 5 atom stereocenters. The molecule has 2 aliphatic carbocycles. The molecule has 22 heavy (non-hydrogen) atoms. The smallest absolute Gasteiger partial charge is 0.0436 e. The van der Waals surface area contributed by atoms with Crippen LogP contribution in [0.1, 0.15) is 92.4 Å². The summed E-state index contributed by atoms with van der Waals surface area (Å²) < 4.78 is 0. The molecular formula is C21H40O. The lowest BCUT2D eigenvalue weighted by Gasteiger charge is -2.52. The van der Waals surface area contributed by atoms with E-state index in [9.17, 15) is 5.11 Å². The Hall–Kier alpha value is -0.0400. The van der Waals surface area contributed by atoms with Crippen LogP contribution in [-0.2, 0) is 0 Å². The van der Waals surface area contributed by atoms with Gasteiger partial charge in [0.25, 0.3) is 0 Å². The van der Waals surface area contributed by atoms with Gasteiger partial charge < -0.3 is 5.11 Å². The maximum absolute atomic E-state index is 9.53. The van der Waals surface area contributed by atoms with Crippen molar-refractivity contribution in [3.05, 3.63) is 0 Å². The predicted molar refractivity (Wildman–Crippen MR) is 95.8 cm³/mol. The molecule has 0 heterocycles. The molecule has 130 valence electrons. The van der Waals surface area contributed by atoms with Gasteiger partial charge in [0.1, 0.15) is 0 Å². The molecule has 2 saturated carbocycles. The van der Waals surface area contributed by atoms with E-state index >= 15 is 0 Å². The zero-order chi connectivity index (χ0) is 16.4. The van der Waals surface area contributed by atoms with E-state index in [1.54, 1.807) is 0 Å². The van der Waals surface area contributed by atoms with Crippen LogP contribution in [0.15, 0.2) is 0 Å². The summed E-state index contributed by atoms with van der Waals surface area (Å²) >= 11 is 0. The molecule has 0 aliphatic heterocycles. The monoisotopic (exact) mass is 308 g/mol. The third-order valence-corrected chi connectivity index (χ3v) is 7.52. The molecule has 0 amide bonds. The van der Waals surface area contributed by atoms with Gasteiger partial charge in [-0.3, -0.25) is 0 Å². The van der Waals surface area contributed by atoms with Crippen LogP contribution in [-0.4, -0.2) is 11.7 Å². The van der Waals surface area contributed by atoms with Crippen LogP contribution >= 0.6 is 0 Å². The normalized spacial score (nSPS) is 40.0. The van der Waals surface area contributed by atoms with Gasteiger partial charge in [-0.2, -0.15) is 0 Å². The molecule has 2 aliphatic rings. The van der Waals surface area contributed by atoms with Crippen molar-refractivity contribution in [1.82, 2.24) is 0 Å². The van der Waals surface area contributed by atoms with Crippen molar-refractivity contribution in [2.75, 3.05) is 6.61 Å². The number of hydrogen-bond acceptors (Lipinski definition) is 1. The van der Waals surface area contributed by atoms with E-state index < -0.39 is 0 Å². The fourth-order valence-corrected chi connectivity index (χ4v) is 6.35. The molecule has 2 rings (SSSR count). The van der Waals surface area contributed by atoms with Gasteiger partial charge in [-0.1, -0.05) is 60.3 Å². The maximum atomic E-state index is 9.53. The largest absolute Gasteiger partial charge is 0.396 e. The van der Waals surface area contributed by atoms with E-state index in [0.29, 0.717) is 17.4 Å². The lowest BCUT2D eigenvalue weighted by Crippen LogP contribution is -2.44. The third kappa shape index (κ3) is 3.55. The summed E-state index contributed by atoms with van der Waals surface area (Å²) in [4.78, 5) is 0. The van der Waals surface area contributed by atoms with E-state index in [1.807, 2.05) is 0 Å².